The van der Waals surface area contributed by atoms with Gasteiger partial charge >= 0.3 is 5.97 Å². The third kappa shape index (κ3) is 3.30. The highest BCUT2D eigenvalue weighted by Gasteiger charge is 2.22. The van der Waals surface area contributed by atoms with Crippen LogP contribution in [0.1, 0.15) is 12.8 Å². The van der Waals surface area contributed by atoms with E-state index in [0.717, 1.165) is 25.2 Å². The van der Waals surface area contributed by atoms with E-state index in [1.807, 2.05) is 4.90 Å². The van der Waals surface area contributed by atoms with Crippen LogP contribution >= 0.6 is 0 Å². The normalized spacial score (nSPS) is 19.8. The number of nitrogen functional groups attached to an aromatic ring is 1. The monoisotopic (exact) mass is 252 g/mol. The van der Waals surface area contributed by atoms with E-state index in [4.69, 9.17) is 15.6 Å². The first-order valence-electron chi connectivity index (χ1n) is 5.82. The van der Waals surface area contributed by atoms with Gasteiger partial charge in [0.25, 0.3) is 0 Å². The molecule has 3 N–H and O–H groups in total. The molecule has 1 aromatic rings. The molecule has 2 rings (SSSR count). The van der Waals surface area contributed by atoms with Crippen LogP contribution in [0.5, 0.6) is 0 Å². The molecular formula is C11H16N4O3. The fourth-order valence-corrected chi connectivity index (χ4v) is 2.01. The zero-order valence-electron chi connectivity index (χ0n) is 9.95. The fraction of sp³-hybridized carbons (Fsp3) is 0.545. The number of carboxylic acids is 1. The first kappa shape index (κ1) is 12.6. The predicted octanol–water partition coefficient (Wildman–Crippen LogP) is 0.129. The quantitative estimate of drug-likeness (QED) is 0.785. The number of carbonyl (C=O) groups is 1. The topological polar surface area (TPSA) is 102 Å². The summed E-state index contributed by atoms with van der Waals surface area (Å²) >= 11 is 0. The molecule has 0 bridgehead atoms. The lowest BCUT2D eigenvalue weighted by molar-refractivity contribution is -0.144. The van der Waals surface area contributed by atoms with Crippen molar-refractivity contribution in [3.8, 4) is 0 Å². The van der Waals surface area contributed by atoms with Crippen LogP contribution in [0.4, 0.5) is 11.8 Å². The molecule has 1 aliphatic heterocycles. The van der Waals surface area contributed by atoms with E-state index in [2.05, 4.69) is 9.97 Å². The second-order valence-electron chi connectivity index (χ2n) is 4.19. The first-order valence-corrected chi connectivity index (χ1v) is 5.82. The Labute approximate surface area is 105 Å². The van der Waals surface area contributed by atoms with Crippen LogP contribution in [0.2, 0.25) is 0 Å². The molecule has 18 heavy (non-hydrogen) atoms. The summed E-state index contributed by atoms with van der Waals surface area (Å²) in [6.45, 7) is 1.23. The summed E-state index contributed by atoms with van der Waals surface area (Å²) in [6.07, 6.45) is 3.34. The Morgan fingerprint density at radius 3 is 3.22 bits per heavy atom. The highest BCUT2D eigenvalue weighted by atomic mass is 16.5. The number of rotatable bonds is 4. The van der Waals surface area contributed by atoms with Crippen LogP contribution in [0, 0.1) is 0 Å². The largest absolute Gasteiger partial charge is 0.480 e. The summed E-state index contributed by atoms with van der Waals surface area (Å²) in [5.41, 5.74) is 5.54. The Morgan fingerprint density at radius 2 is 2.50 bits per heavy atom. The number of nitrogens with two attached hydrogens (primary N) is 1. The highest BCUT2D eigenvalue weighted by Crippen LogP contribution is 2.19. The van der Waals surface area contributed by atoms with Crippen LogP contribution in [-0.2, 0) is 9.53 Å². The number of hydrogen-bond acceptors (Lipinski definition) is 6. The van der Waals surface area contributed by atoms with Crippen LogP contribution < -0.4 is 10.6 Å². The summed E-state index contributed by atoms with van der Waals surface area (Å²) in [5, 5.41) is 8.59. The molecule has 0 aliphatic carbocycles. The molecule has 0 unspecified atom stereocenters. The van der Waals surface area contributed by atoms with Gasteiger partial charge in [-0.25, -0.2) is 9.78 Å². The Kier molecular flexibility index (Phi) is 3.93. The Hall–Kier alpha value is -1.89. The molecule has 98 valence electrons. The molecule has 1 fully saturated rings. The maximum absolute atomic E-state index is 10.5. The molecule has 1 atom stereocenters. The minimum atomic E-state index is -0.946. The van der Waals surface area contributed by atoms with Crippen molar-refractivity contribution >= 4 is 17.7 Å². The average Bonchev–Trinajstić information content (AvgIpc) is 2.37. The minimum absolute atomic E-state index is 0.0777. The van der Waals surface area contributed by atoms with Crippen molar-refractivity contribution in [1.82, 2.24) is 9.97 Å². The summed E-state index contributed by atoms with van der Waals surface area (Å²) in [5.74, 6) is 0.0469. The lowest BCUT2D eigenvalue weighted by Crippen LogP contribution is -2.40. The number of piperidine rings is 1. The van der Waals surface area contributed by atoms with Crippen molar-refractivity contribution in [3.05, 3.63) is 12.3 Å². The summed E-state index contributed by atoms with van der Waals surface area (Å²) < 4.78 is 5.31. The molecule has 1 aliphatic rings. The smallest absolute Gasteiger partial charge is 0.329 e. The Morgan fingerprint density at radius 1 is 1.67 bits per heavy atom. The molecular weight excluding hydrogens is 236 g/mol. The molecule has 0 spiro atoms. The van der Waals surface area contributed by atoms with Gasteiger partial charge in [0.05, 0.1) is 6.10 Å². The van der Waals surface area contributed by atoms with Crippen molar-refractivity contribution in [2.75, 3.05) is 30.3 Å². The number of nitrogens with zero attached hydrogens (tertiary/aromatic N) is 3. The van der Waals surface area contributed by atoms with E-state index < -0.39 is 5.97 Å². The van der Waals surface area contributed by atoms with Gasteiger partial charge in [-0.3, -0.25) is 0 Å². The summed E-state index contributed by atoms with van der Waals surface area (Å²) in [7, 11) is 0. The maximum atomic E-state index is 10.5. The maximum Gasteiger partial charge on any atom is 0.329 e. The van der Waals surface area contributed by atoms with Crippen molar-refractivity contribution in [2.45, 2.75) is 18.9 Å². The number of carboxylic acid groups (broad SMARTS) is 1. The molecule has 0 saturated carbocycles. The molecule has 1 aromatic heterocycles. The van der Waals surface area contributed by atoms with Gasteiger partial charge in [-0.1, -0.05) is 0 Å². The van der Waals surface area contributed by atoms with Crippen molar-refractivity contribution < 1.29 is 14.6 Å². The molecule has 2 heterocycles. The summed E-state index contributed by atoms with van der Waals surface area (Å²) in [6, 6.07) is 1.79. The molecule has 0 radical (unpaired) electrons. The minimum Gasteiger partial charge on any atom is -0.480 e. The lowest BCUT2D eigenvalue weighted by atomic mass is 10.1. The average molecular weight is 252 g/mol. The lowest BCUT2D eigenvalue weighted by Gasteiger charge is -2.33. The second kappa shape index (κ2) is 5.63. The van der Waals surface area contributed by atoms with Gasteiger partial charge in [0.1, 0.15) is 12.4 Å². The van der Waals surface area contributed by atoms with Crippen LogP contribution in [0.25, 0.3) is 0 Å². The van der Waals surface area contributed by atoms with E-state index in [1.165, 1.54) is 0 Å². The summed E-state index contributed by atoms with van der Waals surface area (Å²) in [4.78, 5) is 20.5. The predicted molar refractivity (Wildman–Crippen MR) is 65.3 cm³/mol. The first-order chi connectivity index (χ1) is 8.65. The molecule has 7 nitrogen and oxygen atoms in total. The van der Waals surface area contributed by atoms with Gasteiger partial charge in [-0.05, 0) is 18.9 Å². The van der Waals surface area contributed by atoms with E-state index in [9.17, 15) is 4.79 Å². The van der Waals surface area contributed by atoms with E-state index in [1.54, 1.807) is 12.3 Å². The van der Waals surface area contributed by atoms with Crippen LogP contribution in [-0.4, -0.2) is 46.8 Å². The fourth-order valence-electron chi connectivity index (χ4n) is 2.01. The second-order valence-corrected chi connectivity index (χ2v) is 4.19. The number of hydrogen-bond donors (Lipinski definition) is 2. The van der Waals surface area contributed by atoms with E-state index in [-0.39, 0.29) is 18.7 Å². The Bertz CT molecular complexity index is 427. The van der Waals surface area contributed by atoms with Gasteiger partial charge in [0.2, 0.25) is 5.95 Å². The van der Waals surface area contributed by atoms with Gasteiger partial charge in [0, 0.05) is 19.3 Å². The molecule has 1 saturated heterocycles. The third-order valence-electron chi connectivity index (χ3n) is 2.80. The van der Waals surface area contributed by atoms with Gasteiger partial charge < -0.3 is 20.5 Å². The molecule has 0 amide bonds. The third-order valence-corrected chi connectivity index (χ3v) is 2.80. The van der Waals surface area contributed by atoms with Crippen LogP contribution in [0.3, 0.4) is 0 Å². The highest BCUT2D eigenvalue weighted by molar-refractivity contribution is 5.68. The van der Waals surface area contributed by atoms with Gasteiger partial charge in [0.15, 0.2) is 0 Å². The zero-order chi connectivity index (χ0) is 13.0. The van der Waals surface area contributed by atoms with E-state index >= 15 is 0 Å². The number of anilines is 2. The Balaban J connectivity index is 1.96. The van der Waals surface area contributed by atoms with Crippen molar-refractivity contribution in [1.29, 1.82) is 0 Å². The SMILES string of the molecule is Nc1nccc(N2CCC[C@@H](OCC(=O)O)C2)n1. The standard InChI is InChI=1S/C11H16N4O3/c12-11-13-4-3-9(14-11)15-5-1-2-8(6-15)18-7-10(16)17/h3-4,8H,1-2,5-7H2,(H,16,17)(H2,12,13,14)/t8-/m1/s1. The number of ether oxygens (including phenoxy) is 1. The van der Waals surface area contributed by atoms with Crippen molar-refractivity contribution in [2.24, 2.45) is 0 Å². The van der Waals surface area contributed by atoms with Crippen LogP contribution in [0.15, 0.2) is 12.3 Å². The van der Waals surface area contributed by atoms with Gasteiger partial charge in [-0.2, -0.15) is 4.98 Å². The van der Waals surface area contributed by atoms with Crippen molar-refractivity contribution in [3.63, 3.8) is 0 Å². The zero-order valence-corrected chi connectivity index (χ0v) is 9.95. The molecule has 0 aromatic carbocycles. The number of aliphatic carboxylic acids is 1. The number of aromatic nitrogens is 2. The van der Waals surface area contributed by atoms with E-state index in [0.29, 0.717) is 6.54 Å². The van der Waals surface area contributed by atoms with Gasteiger partial charge in [-0.15, -0.1) is 0 Å². The molecule has 7 heteroatoms.